The van der Waals surface area contributed by atoms with Gasteiger partial charge in [-0.05, 0) is 43.9 Å². The minimum atomic E-state index is -0.303. The van der Waals surface area contributed by atoms with Crippen LogP contribution in [0.3, 0.4) is 0 Å². The van der Waals surface area contributed by atoms with Gasteiger partial charge in [-0.2, -0.15) is 0 Å². The summed E-state index contributed by atoms with van der Waals surface area (Å²) in [7, 11) is 3.85. The number of likely N-dealkylation sites (N-methyl/N-ethyl adjacent to an activating group) is 1. The maximum atomic E-state index is 12.4. The lowest BCUT2D eigenvalue weighted by Crippen LogP contribution is -2.32. The number of ether oxygens (including phenoxy) is 2. The molecule has 0 saturated heterocycles. The average Bonchev–Trinajstić information content (AvgIpc) is 3.13. The van der Waals surface area contributed by atoms with Crippen LogP contribution in [0.1, 0.15) is 26.4 Å². The number of pyridine rings is 1. The highest BCUT2D eigenvalue weighted by atomic mass is 16.7. The lowest BCUT2D eigenvalue weighted by atomic mass is 10.1. The first kappa shape index (κ1) is 18.7. The lowest BCUT2D eigenvalue weighted by Gasteiger charge is -2.10. The zero-order valence-corrected chi connectivity index (χ0v) is 15.3. The van der Waals surface area contributed by atoms with Crippen molar-refractivity contribution in [3.05, 3.63) is 53.3 Å². The second kappa shape index (κ2) is 8.50. The highest BCUT2D eigenvalue weighted by Crippen LogP contribution is 2.32. The molecule has 0 atom stereocenters. The van der Waals surface area contributed by atoms with Gasteiger partial charge in [0.05, 0.1) is 0 Å². The number of aromatic nitrogens is 1. The zero-order chi connectivity index (χ0) is 19.2. The molecule has 1 aromatic heterocycles. The number of fused-ring (bicyclic) bond motifs is 1. The minimum absolute atomic E-state index is 0.210. The number of rotatable bonds is 7. The van der Waals surface area contributed by atoms with Crippen LogP contribution in [0.25, 0.3) is 0 Å². The highest BCUT2D eigenvalue weighted by molar-refractivity contribution is 5.98. The molecular formula is C19H22N4O4. The van der Waals surface area contributed by atoms with Crippen molar-refractivity contribution in [1.82, 2.24) is 20.5 Å². The Bertz CT molecular complexity index is 838. The van der Waals surface area contributed by atoms with Gasteiger partial charge < -0.3 is 25.0 Å². The maximum absolute atomic E-state index is 12.4. The van der Waals surface area contributed by atoms with Gasteiger partial charge in [0, 0.05) is 31.4 Å². The normalized spacial score (nSPS) is 12.1. The average molecular weight is 370 g/mol. The third-order valence-electron chi connectivity index (χ3n) is 3.99. The second-order valence-corrected chi connectivity index (χ2v) is 6.36. The van der Waals surface area contributed by atoms with Crippen molar-refractivity contribution >= 4 is 11.8 Å². The van der Waals surface area contributed by atoms with Gasteiger partial charge in [0.15, 0.2) is 11.5 Å². The molecule has 1 aliphatic rings. The number of nitrogens with one attached hydrogen (secondary N) is 2. The predicted molar refractivity (Wildman–Crippen MR) is 98.9 cm³/mol. The van der Waals surface area contributed by atoms with Crippen LogP contribution in [0.4, 0.5) is 0 Å². The highest BCUT2D eigenvalue weighted by Gasteiger charge is 2.15. The smallest absolute Gasteiger partial charge is 0.269 e. The van der Waals surface area contributed by atoms with E-state index < -0.39 is 0 Å². The van der Waals surface area contributed by atoms with Gasteiger partial charge in [-0.25, -0.2) is 0 Å². The van der Waals surface area contributed by atoms with Crippen LogP contribution < -0.4 is 20.1 Å². The summed E-state index contributed by atoms with van der Waals surface area (Å²) in [6.45, 7) is 1.78. The Morgan fingerprint density at radius 2 is 1.89 bits per heavy atom. The number of carbonyl (C=O) groups is 2. The molecule has 2 amide bonds. The van der Waals surface area contributed by atoms with Crippen molar-refractivity contribution in [2.45, 2.75) is 6.54 Å². The van der Waals surface area contributed by atoms with Gasteiger partial charge in [0.2, 0.25) is 6.79 Å². The van der Waals surface area contributed by atoms with Crippen LogP contribution in [0.2, 0.25) is 0 Å². The van der Waals surface area contributed by atoms with Gasteiger partial charge in [0.1, 0.15) is 5.69 Å². The predicted octanol–water partition coefficient (Wildman–Crippen LogP) is 1.03. The van der Waals surface area contributed by atoms with Gasteiger partial charge in [-0.3, -0.25) is 14.6 Å². The van der Waals surface area contributed by atoms with Crippen molar-refractivity contribution < 1.29 is 19.1 Å². The van der Waals surface area contributed by atoms with E-state index in [0.717, 1.165) is 12.1 Å². The van der Waals surface area contributed by atoms with Crippen LogP contribution in [-0.4, -0.2) is 55.7 Å². The lowest BCUT2D eigenvalue weighted by molar-refractivity contribution is 0.0946. The molecule has 1 aromatic carbocycles. The number of nitrogens with zero attached hydrogens (tertiary/aromatic N) is 2. The van der Waals surface area contributed by atoms with E-state index in [0.29, 0.717) is 30.2 Å². The molecule has 0 unspecified atom stereocenters. The quantitative estimate of drug-likeness (QED) is 0.756. The molecule has 2 heterocycles. The molecule has 27 heavy (non-hydrogen) atoms. The van der Waals surface area contributed by atoms with Crippen molar-refractivity contribution in [2.24, 2.45) is 0 Å². The summed E-state index contributed by atoms with van der Waals surface area (Å²) >= 11 is 0. The zero-order valence-electron chi connectivity index (χ0n) is 15.3. The van der Waals surface area contributed by atoms with Crippen LogP contribution in [0, 0.1) is 0 Å². The van der Waals surface area contributed by atoms with Gasteiger partial charge in [-0.15, -0.1) is 0 Å². The fourth-order valence-electron chi connectivity index (χ4n) is 2.51. The number of hydrogen-bond donors (Lipinski definition) is 2. The number of amides is 2. The molecule has 0 bridgehead atoms. The number of hydrogen-bond acceptors (Lipinski definition) is 6. The molecule has 0 spiro atoms. The van der Waals surface area contributed by atoms with Gasteiger partial charge >= 0.3 is 0 Å². The van der Waals surface area contributed by atoms with Crippen LogP contribution in [0.15, 0.2) is 36.5 Å². The SMILES string of the molecule is CN(C)CCNC(=O)c1cc(C(=O)NCc2ccc3c(c2)OCO3)ccn1. The largest absolute Gasteiger partial charge is 0.454 e. The van der Waals surface area contributed by atoms with Crippen molar-refractivity contribution in [1.29, 1.82) is 0 Å². The molecule has 3 rings (SSSR count). The number of benzene rings is 1. The van der Waals surface area contributed by atoms with E-state index in [1.165, 1.54) is 12.3 Å². The Morgan fingerprint density at radius 3 is 2.70 bits per heavy atom. The Labute approximate surface area is 157 Å². The molecule has 142 valence electrons. The summed E-state index contributed by atoms with van der Waals surface area (Å²) < 4.78 is 10.6. The minimum Gasteiger partial charge on any atom is -0.454 e. The first-order valence-electron chi connectivity index (χ1n) is 8.58. The van der Waals surface area contributed by atoms with Crippen molar-refractivity contribution in [2.75, 3.05) is 34.0 Å². The van der Waals surface area contributed by atoms with E-state index in [9.17, 15) is 9.59 Å². The molecule has 0 radical (unpaired) electrons. The maximum Gasteiger partial charge on any atom is 0.269 e. The summed E-state index contributed by atoms with van der Waals surface area (Å²) in [5.41, 5.74) is 1.48. The second-order valence-electron chi connectivity index (χ2n) is 6.36. The Morgan fingerprint density at radius 1 is 1.07 bits per heavy atom. The molecule has 1 aliphatic heterocycles. The van der Waals surface area contributed by atoms with Crippen LogP contribution >= 0.6 is 0 Å². The summed E-state index contributed by atoms with van der Waals surface area (Å²) in [6, 6.07) is 8.57. The first-order chi connectivity index (χ1) is 13.0. The molecule has 8 heteroatoms. The monoisotopic (exact) mass is 370 g/mol. The fourth-order valence-corrected chi connectivity index (χ4v) is 2.51. The summed E-state index contributed by atoms with van der Waals surface area (Å²) in [4.78, 5) is 30.5. The fraction of sp³-hybridized carbons (Fsp3) is 0.316. The molecule has 0 saturated carbocycles. The standard InChI is InChI=1S/C19H22N4O4/c1-23(2)8-7-21-19(25)15-10-14(5-6-20-15)18(24)22-11-13-3-4-16-17(9-13)27-12-26-16/h3-6,9-10H,7-8,11-12H2,1-2H3,(H,21,25)(H,22,24). The topological polar surface area (TPSA) is 92.8 Å². The van der Waals surface area contributed by atoms with Crippen molar-refractivity contribution in [3.63, 3.8) is 0 Å². The molecular weight excluding hydrogens is 348 g/mol. The van der Waals surface area contributed by atoms with Crippen molar-refractivity contribution in [3.8, 4) is 11.5 Å². The molecule has 2 aromatic rings. The van der Waals surface area contributed by atoms with Crippen LogP contribution in [0.5, 0.6) is 11.5 Å². The van der Waals surface area contributed by atoms with E-state index in [-0.39, 0.29) is 24.3 Å². The van der Waals surface area contributed by atoms with Crippen LogP contribution in [-0.2, 0) is 6.54 Å². The van der Waals surface area contributed by atoms with E-state index in [1.54, 1.807) is 6.07 Å². The third kappa shape index (κ3) is 4.95. The Balaban J connectivity index is 1.57. The summed E-state index contributed by atoms with van der Waals surface area (Å²) in [6.07, 6.45) is 1.45. The Hall–Kier alpha value is -3.13. The van der Waals surface area contributed by atoms with E-state index >= 15 is 0 Å². The molecule has 0 fully saturated rings. The van der Waals surface area contributed by atoms with Gasteiger partial charge in [0.25, 0.3) is 11.8 Å². The molecule has 0 aliphatic carbocycles. The third-order valence-corrected chi connectivity index (χ3v) is 3.99. The van der Waals surface area contributed by atoms with Gasteiger partial charge in [-0.1, -0.05) is 6.07 Å². The first-order valence-corrected chi connectivity index (χ1v) is 8.58. The summed E-state index contributed by atoms with van der Waals surface area (Å²) in [5.74, 6) is 0.783. The number of carbonyl (C=O) groups excluding carboxylic acids is 2. The molecule has 2 N–H and O–H groups in total. The molecule has 8 nitrogen and oxygen atoms in total. The Kier molecular flexibility index (Phi) is 5.87. The van der Waals surface area contributed by atoms with E-state index in [1.807, 2.05) is 37.2 Å². The van der Waals surface area contributed by atoms with E-state index in [4.69, 9.17) is 9.47 Å². The van der Waals surface area contributed by atoms with E-state index in [2.05, 4.69) is 15.6 Å². The summed E-state index contributed by atoms with van der Waals surface area (Å²) in [5, 5.41) is 5.61.